The molecule has 30 heavy (non-hydrogen) atoms. The zero-order chi connectivity index (χ0) is 22.3. The van der Waals surface area contributed by atoms with Crippen LogP contribution in [0.5, 0.6) is 0 Å². The van der Waals surface area contributed by atoms with Crippen LogP contribution in [-0.2, 0) is 25.5 Å². The Morgan fingerprint density at radius 3 is 1.70 bits per heavy atom. The van der Waals surface area contributed by atoms with Gasteiger partial charge in [-0.1, -0.05) is 50.6 Å². The number of aryl methyl sites for hydroxylation is 2. The van der Waals surface area contributed by atoms with Crippen LogP contribution in [-0.4, -0.2) is 51.6 Å². The van der Waals surface area contributed by atoms with E-state index in [4.69, 9.17) is 0 Å². The standard InChI is InChI=1S/C22H30N2O4S2/c1-17-6-11-21(18(2)16-17)30(27,28)24-14-12-23(13-15-24)29(25,26)20-9-7-19(8-10-20)22(3,4)5/h6-11,16H,12-15H2,1-5H3. The minimum atomic E-state index is -3.66. The summed E-state index contributed by atoms with van der Waals surface area (Å²) in [6.45, 7) is 10.5. The van der Waals surface area contributed by atoms with Gasteiger partial charge in [0.1, 0.15) is 0 Å². The molecule has 0 spiro atoms. The minimum absolute atomic E-state index is 0.0591. The molecule has 1 aliphatic rings. The number of hydrogen-bond donors (Lipinski definition) is 0. The summed E-state index contributed by atoms with van der Waals surface area (Å²) in [5, 5.41) is 0. The van der Waals surface area contributed by atoms with Crippen molar-refractivity contribution in [2.24, 2.45) is 0 Å². The maximum atomic E-state index is 13.0. The topological polar surface area (TPSA) is 74.8 Å². The van der Waals surface area contributed by atoms with E-state index in [1.165, 1.54) is 8.61 Å². The van der Waals surface area contributed by atoms with Crippen LogP contribution < -0.4 is 0 Å². The van der Waals surface area contributed by atoms with Crippen molar-refractivity contribution in [2.45, 2.75) is 49.8 Å². The van der Waals surface area contributed by atoms with Crippen LogP contribution in [0.15, 0.2) is 52.3 Å². The van der Waals surface area contributed by atoms with Gasteiger partial charge in [0, 0.05) is 26.2 Å². The van der Waals surface area contributed by atoms with Crippen molar-refractivity contribution in [2.75, 3.05) is 26.2 Å². The summed E-state index contributed by atoms with van der Waals surface area (Å²) in [7, 11) is -7.31. The lowest BCUT2D eigenvalue weighted by Gasteiger charge is -2.33. The Bertz CT molecular complexity index is 1120. The Morgan fingerprint density at radius 2 is 1.23 bits per heavy atom. The monoisotopic (exact) mass is 450 g/mol. The van der Waals surface area contributed by atoms with Gasteiger partial charge in [0.25, 0.3) is 0 Å². The van der Waals surface area contributed by atoms with Crippen molar-refractivity contribution in [3.63, 3.8) is 0 Å². The van der Waals surface area contributed by atoms with Gasteiger partial charge in [-0.2, -0.15) is 8.61 Å². The van der Waals surface area contributed by atoms with E-state index >= 15 is 0 Å². The molecule has 3 rings (SSSR count). The molecule has 0 radical (unpaired) electrons. The molecule has 0 aromatic heterocycles. The fourth-order valence-electron chi connectivity index (χ4n) is 3.65. The van der Waals surface area contributed by atoms with Crippen LogP contribution in [0, 0.1) is 13.8 Å². The van der Waals surface area contributed by atoms with Crippen molar-refractivity contribution in [3.05, 3.63) is 59.2 Å². The lowest BCUT2D eigenvalue weighted by atomic mass is 9.87. The molecule has 1 saturated heterocycles. The van der Waals surface area contributed by atoms with Gasteiger partial charge in [-0.25, -0.2) is 16.8 Å². The smallest absolute Gasteiger partial charge is 0.207 e. The Kier molecular flexibility index (Phi) is 6.17. The van der Waals surface area contributed by atoms with Crippen molar-refractivity contribution in [1.29, 1.82) is 0 Å². The van der Waals surface area contributed by atoms with E-state index in [1.807, 2.05) is 25.1 Å². The lowest BCUT2D eigenvalue weighted by molar-refractivity contribution is 0.272. The highest BCUT2D eigenvalue weighted by Gasteiger charge is 2.34. The zero-order valence-corrected chi connectivity index (χ0v) is 19.8. The number of hydrogen-bond acceptors (Lipinski definition) is 4. The number of piperazine rings is 1. The molecule has 0 unspecified atom stereocenters. The number of sulfonamides is 2. The van der Waals surface area contributed by atoms with E-state index in [0.717, 1.165) is 11.1 Å². The summed E-state index contributed by atoms with van der Waals surface area (Å²) in [5.74, 6) is 0. The normalized spacial score (nSPS) is 17.2. The molecule has 1 fully saturated rings. The third-order valence-corrected chi connectivity index (χ3v) is 9.48. The van der Waals surface area contributed by atoms with Gasteiger partial charge in [0.2, 0.25) is 20.0 Å². The van der Waals surface area contributed by atoms with Crippen molar-refractivity contribution in [1.82, 2.24) is 8.61 Å². The molecule has 0 aliphatic carbocycles. The maximum Gasteiger partial charge on any atom is 0.243 e. The molecule has 1 heterocycles. The predicted molar refractivity (Wildman–Crippen MR) is 119 cm³/mol. The van der Waals surface area contributed by atoms with E-state index in [9.17, 15) is 16.8 Å². The molecule has 1 aliphatic heterocycles. The third kappa shape index (κ3) is 4.46. The second-order valence-corrected chi connectivity index (χ2v) is 12.7. The van der Waals surface area contributed by atoms with Gasteiger partial charge >= 0.3 is 0 Å². The second-order valence-electron chi connectivity index (χ2n) is 8.85. The second kappa shape index (κ2) is 8.07. The molecule has 0 N–H and O–H groups in total. The van der Waals surface area contributed by atoms with Crippen LogP contribution in [0.2, 0.25) is 0 Å². The number of nitrogens with zero attached hydrogens (tertiary/aromatic N) is 2. The van der Waals surface area contributed by atoms with Crippen LogP contribution in [0.3, 0.4) is 0 Å². The van der Waals surface area contributed by atoms with Gasteiger partial charge in [-0.3, -0.25) is 0 Å². The van der Waals surface area contributed by atoms with Crippen molar-refractivity contribution >= 4 is 20.0 Å². The van der Waals surface area contributed by atoms with Gasteiger partial charge in [0.05, 0.1) is 9.79 Å². The van der Waals surface area contributed by atoms with E-state index in [-0.39, 0.29) is 41.4 Å². The Labute approximate surface area is 180 Å². The maximum absolute atomic E-state index is 13.0. The summed E-state index contributed by atoms with van der Waals surface area (Å²) in [6, 6.07) is 12.2. The number of benzene rings is 2. The SMILES string of the molecule is Cc1ccc(S(=O)(=O)N2CCN(S(=O)(=O)c3ccc(C(C)(C)C)cc3)CC2)c(C)c1. The fourth-order valence-corrected chi connectivity index (χ4v) is 6.70. The van der Waals surface area contributed by atoms with Gasteiger partial charge in [-0.15, -0.1) is 0 Å². The first kappa shape index (κ1) is 22.9. The summed E-state index contributed by atoms with van der Waals surface area (Å²) in [6.07, 6.45) is 0. The number of rotatable bonds is 4. The van der Waals surface area contributed by atoms with Crippen LogP contribution in [0.25, 0.3) is 0 Å². The van der Waals surface area contributed by atoms with Gasteiger partial charge < -0.3 is 0 Å². The molecule has 0 atom stereocenters. The summed E-state index contributed by atoms with van der Waals surface area (Å²) >= 11 is 0. The first-order valence-electron chi connectivity index (χ1n) is 10.0. The van der Waals surface area contributed by atoms with E-state index < -0.39 is 20.0 Å². The molecule has 8 heteroatoms. The van der Waals surface area contributed by atoms with E-state index in [2.05, 4.69) is 20.8 Å². The summed E-state index contributed by atoms with van der Waals surface area (Å²) < 4.78 is 54.9. The molecule has 2 aromatic rings. The largest absolute Gasteiger partial charge is 0.243 e. The Hall–Kier alpha value is -1.74. The highest BCUT2D eigenvalue weighted by atomic mass is 32.2. The quantitative estimate of drug-likeness (QED) is 0.716. The molecule has 164 valence electrons. The average Bonchev–Trinajstić information content (AvgIpc) is 2.67. The zero-order valence-electron chi connectivity index (χ0n) is 18.2. The average molecular weight is 451 g/mol. The molecule has 0 amide bonds. The van der Waals surface area contributed by atoms with E-state index in [0.29, 0.717) is 5.56 Å². The lowest BCUT2D eigenvalue weighted by Crippen LogP contribution is -2.50. The highest BCUT2D eigenvalue weighted by molar-refractivity contribution is 7.89. The Balaban J connectivity index is 1.76. The third-order valence-electron chi connectivity index (χ3n) is 5.50. The highest BCUT2D eigenvalue weighted by Crippen LogP contribution is 2.26. The van der Waals surface area contributed by atoms with Gasteiger partial charge in [-0.05, 0) is 48.6 Å². The molecule has 0 bridgehead atoms. The minimum Gasteiger partial charge on any atom is -0.207 e. The first-order chi connectivity index (χ1) is 13.8. The molecule has 2 aromatic carbocycles. The first-order valence-corrected chi connectivity index (χ1v) is 12.9. The van der Waals surface area contributed by atoms with E-state index in [1.54, 1.807) is 31.2 Å². The van der Waals surface area contributed by atoms with Crippen molar-refractivity contribution in [3.8, 4) is 0 Å². The Morgan fingerprint density at radius 1 is 0.733 bits per heavy atom. The van der Waals surface area contributed by atoms with Crippen LogP contribution >= 0.6 is 0 Å². The van der Waals surface area contributed by atoms with Crippen LogP contribution in [0.1, 0.15) is 37.5 Å². The molecular formula is C22H30N2O4S2. The molecule has 6 nitrogen and oxygen atoms in total. The van der Waals surface area contributed by atoms with Gasteiger partial charge in [0.15, 0.2) is 0 Å². The molecular weight excluding hydrogens is 420 g/mol. The van der Waals surface area contributed by atoms with Crippen LogP contribution in [0.4, 0.5) is 0 Å². The predicted octanol–water partition coefficient (Wildman–Crippen LogP) is 3.30. The fraction of sp³-hybridized carbons (Fsp3) is 0.455. The summed E-state index contributed by atoms with van der Waals surface area (Å²) in [5.41, 5.74) is 2.70. The summed E-state index contributed by atoms with van der Waals surface area (Å²) in [4.78, 5) is 0.517. The molecule has 0 saturated carbocycles. The van der Waals surface area contributed by atoms with Crippen molar-refractivity contribution < 1.29 is 16.8 Å².